The summed E-state index contributed by atoms with van der Waals surface area (Å²) in [6.07, 6.45) is 2.95. The molecular formula is C19H23N3O3S2. The predicted molar refractivity (Wildman–Crippen MR) is 107 cm³/mol. The predicted octanol–water partition coefficient (Wildman–Crippen LogP) is 3.15. The summed E-state index contributed by atoms with van der Waals surface area (Å²) in [6.45, 7) is 2.54. The van der Waals surface area contributed by atoms with E-state index >= 15 is 0 Å². The zero-order valence-electron chi connectivity index (χ0n) is 15.4. The van der Waals surface area contributed by atoms with E-state index in [4.69, 9.17) is 0 Å². The summed E-state index contributed by atoms with van der Waals surface area (Å²) in [5.41, 5.74) is 0.834. The minimum absolute atomic E-state index is 0.102. The number of nitrogens with zero attached hydrogens (tertiary/aromatic N) is 2. The van der Waals surface area contributed by atoms with Crippen LogP contribution in [0.1, 0.15) is 18.5 Å². The number of aromatic nitrogens is 1. The van der Waals surface area contributed by atoms with Crippen molar-refractivity contribution in [3.05, 3.63) is 48.2 Å². The van der Waals surface area contributed by atoms with Crippen LogP contribution in [0.15, 0.2) is 52.3 Å². The molecule has 1 aromatic heterocycles. The smallest absolute Gasteiger partial charge is 0.243 e. The lowest BCUT2D eigenvalue weighted by atomic mass is 9.97. The highest BCUT2D eigenvalue weighted by molar-refractivity contribution is 7.98. The average Bonchev–Trinajstić information content (AvgIpc) is 2.68. The summed E-state index contributed by atoms with van der Waals surface area (Å²) in [4.78, 5) is 18.1. The number of piperidine rings is 1. The molecule has 1 aliphatic rings. The second-order valence-corrected chi connectivity index (χ2v) is 9.32. The first-order valence-electron chi connectivity index (χ1n) is 8.79. The van der Waals surface area contributed by atoms with E-state index in [1.165, 1.54) is 4.31 Å². The van der Waals surface area contributed by atoms with E-state index in [1.807, 2.05) is 37.4 Å². The number of benzene rings is 1. The van der Waals surface area contributed by atoms with E-state index in [0.29, 0.717) is 36.6 Å². The molecule has 3 rings (SSSR count). The van der Waals surface area contributed by atoms with Gasteiger partial charge in [-0.05, 0) is 62.4 Å². The number of amides is 1. The van der Waals surface area contributed by atoms with Crippen LogP contribution in [0.5, 0.6) is 0 Å². The van der Waals surface area contributed by atoms with Crippen LogP contribution >= 0.6 is 11.8 Å². The molecule has 27 heavy (non-hydrogen) atoms. The van der Waals surface area contributed by atoms with Crippen LogP contribution in [0.4, 0.5) is 5.82 Å². The van der Waals surface area contributed by atoms with Gasteiger partial charge in [-0.1, -0.05) is 6.07 Å². The second-order valence-electron chi connectivity index (χ2n) is 6.51. The monoisotopic (exact) mass is 405 g/mol. The molecule has 144 valence electrons. The second kappa shape index (κ2) is 8.41. The van der Waals surface area contributed by atoms with Crippen LogP contribution < -0.4 is 5.32 Å². The maximum atomic E-state index is 12.8. The van der Waals surface area contributed by atoms with Gasteiger partial charge in [-0.3, -0.25) is 4.79 Å². The van der Waals surface area contributed by atoms with Gasteiger partial charge in [0.1, 0.15) is 5.82 Å². The van der Waals surface area contributed by atoms with Crippen LogP contribution in [0, 0.1) is 12.8 Å². The van der Waals surface area contributed by atoms with Gasteiger partial charge in [0, 0.05) is 29.6 Å². The zero-order valence-corrected chi connectivity index (χ0v) is 17.0. The number of carbonyl (C=O) groups is 1. The number of nitrogens with one attached hydrogen (secondary N) is 1. The summed E-state index contributed by atoms with van der Waals surface area (Å²) in [6, 6.07) is 12.4. The molecule has 0 atom stereocenters. The van der Waals surface area contributed by atoms with Crippen molar-refractivity contribution in [3.63, 3.8) is 0 Å². The molecule has 0 saturated carbocycles. The molecule has 6 nitrogen and oxygen atoms in total. The lowest BCUT2D eigenvalue weighted by molar-refractivity contribution is -0.120. The lowest BCUT2D eigenvalue weighted by Crippen LogP contribution is -2.41. The molecule has 1 fully saturated rings. The van der Waals surface area contributed by atoms with Crippen LogP contribution in [0.2, 0.25) is 0 Å². The standard InChI is InChI=1S/C19H23N3O3S2/c1-14-4-3-5-18(20-14)21-19(23)15-10-12-22(13-11-15)27(24,25)17-8-6-16(26-2)7-9-17/h3-9,15H,10-13H2,1-2H3,(H,20,21,23). The Hall–Kier alpha value is -1.90. The summed E-state index contributed by atoms with van der Waals surface area (Å²) in [7, 11) is -3.52. The number of carbonyl (C=O) groups excluding carboxylic acids is 1. The van der Waals surface area contributed by atoms with Gasteiger partial charge in [0.15, 0.2) is 0 Å². The largest absolute Gasteiger partial charge is 0.310 e. The Morgan fingerprint density at radius 3 is 2.41 bits per heavy atom. The Morgan fingerprint density at radius 1 is 1.15 bits per heavy atom. The van der Waals surface area contributed by atoms with Crippen molar-refractivity contribution in [2.75, 3.05) is 24.7 Å². The highest BCUT2D eigenvalue weighted by Gasteiger charge is 2.32. The first-order chi connectivity index (χ1) is 12.9. The minimum Gasteiger partial charge on any atom is -0.310 e. The van der Waals surface area contributed by atoms with Gasteiger partial charge in [-0.2, -0.15) is 4.31 Å². The van der Waals surface area contributed by atoms with E-state index in [9.17, 15) is 13.2 Å². The van der Waals surface area contributed by atoms with Gasteiger partial charge in [-0.25, -0.2) is 13.4 Å². The van der Waals surface area contributed by atoms with E-state index in [0.717, 1.165) is 10.6 Å². The van der Waals surface area contributed by atoms with E-state index in [1.54, 1.807) is 30.0 Å². The molecule has 0 radical (unpaired) electrons. The molecule has 1 aromatic carbocycles. The highest BCUT2D eigenvalue weighted by Crippen LogP contribution is 2.26. The Morgan fingerprint density at radius 2 is 1.81 bits per heavy atom. The van der Waals surface area contributed by atoms with Crippen molar-refractivity contribution >= 4 is 33.5 Å². The number of rotatable bonds is 5. The zero-order chi connectivity index (χ0) is 19.4. The summed E-state index contributed by atoms with van der Waals surface area (Å²) >= 11 is 1.57. The fourth-order valence-electron chi connectivity index (χ4n) is 3.10. The highest BCUT2D eigenvalue weighted by atomic mass is 32.2. The summed E-state index contributed by atoms with van der Waals surface area (Å²) in [5.74, 6) is 0.219. The van der Waals surface area contributed by atoms with Gasteiger partial charge in [0.2, 0.25) is 15.9 Å². The Kier molecular flexibility index (Phi) is 6.18. The molecule has 0 bridgehead atoms. The van der Waals surface area contributed by atoms with E-state index in [-0.39, 0.29) is 11.8 Å². The van der Waals surface area contributed by atoms with Crippen molar-refractivity contribution in [3.8, 4) is 0 Å². The molecule has 1 saturated heterocycles. The SMILES string of the molecule is CSc1ccc(S(=O)(=O)N2CCC(C(=O)Nc3cccc(C)n3)CC2)cc1. The van der Waals surface area contributed by atoms with Crippen molar-refractivity contribution in [1.82, 2.24) is 9.29 Å². The van der Waals surface area contributed by atoms with Crippen molar-refractivity contribution in [2.45, 2.75) is 29.6 Å². The first kappa shape index (κ1) is 19.9. The van der Waals surface area contributed by atoms with E-state index in [2.05, 4.69) is 10.3 Å². The number of pyridine rings is 1. The molecule has 1 N–H and O–H groups in total. The molecular weight excluding hydrogens is 382 g/mol. The Balaban J connectivity index is 1.61. The third-order valence-corrected chi connectivity index (χ3v) is 7.32. The maximum Gasteiger partial charge on any atom is 0.243 e. The molecule has 8 heteroatoms. The number of aryl methyl sites for hydroxylation is 1. The third-order valence-electron chi connectivity index (χ3n) is 4.66. The van der Waals surface area contributed by atoms with Crippen LogP contribution in [0.25, 0.3) is 0 Å². The molecule has 0 spiro atoms. The number of anilines is 1. The van der Waals surface area contributed by atoms with Crippen molar-refractivity contribution < 1.29 is 13.2 Å². The molecule has 0 aliphatic carbocycles. The number of hydrogen-bond acceptors (Lipinski definition) is 5. The summed E-state index contributed by atoms with van der Waals surface area (Å²) < 4.78 is 27.1. The Bertz CT molecular complexity index is 906. The maximum absolute atomic E-state index is 12.8. The molecule has 2 heterocycles. The topological polar surface area (TPSA) is 79.4 Å². The van der Waals surface area contributed by atoms with Gasteiger partial charge in [0.05, 0.1) is 4.90 Å². The van der Waals surface area contributed by atoms with Gasteiger partial charge < -0.3 is 5.32 Å². The normalized spacial score (nSPS) is 16.2. The first-order valence-corrected chi connectivity index (χ1v) is 11.5. The van der Waals surface area contributed by atoms with Crippen molar-refractivity contribution in [2.24, 2.45) is 5.92 Å². The van der Waals surface area contributed by atoms with Gasteiger partial charge in [0.25, 0.3) is 0 Å². The van der Waals surface area contributed by atoms with Crippen molar-refractivity contribution in [1.29, 1.82) is 0 Å². The Labute approximate surface area is 164 Å². The van der Waals surface area contributed by atoms with Crippen LogP contribution in [0.3, 0.4) is 0 Å². The number of thioether (sulfide) groups is 1. The average molecular weight is 406 g/mol. The van der Waals surface area contributed by atoms with Crippen LogP contribution in [-0.4, -0.2) is 43.0 Å². The van der Waals surface area contributed by atoms with Gasteiger partial charge in [-0.15, -0.1) is 11.8 Å². The number of sulfonamides is 1. The molecule has 1 amide bonds. The van der Waals surface area contributed by atoms with E-state index < -0.39 is 10.0 Å². The minimum atomic E-state index is -3.52. The fraction of sp³-hybridized carbons (Fsp3) is 0.368. The molecule has 0 unspecified atom stereocenters. The quantitative estimate of drug-likeness (QED) is 0.773. The summed E-state index contributed by atoms with van der Waals surface area (Å²) in [5, 5.41) is 2.83. The molecule has 2 aromatic rings. The van der Waals surface area contributed by atoms with Gasteiger partial charge >= 0.3 is 0 Å². The third kappa shape index (κ3) is 4.69. The molecule has 1 aliphatic heterocycles. The van der Waals surface area contributed by atoms with Crippen LogP contribution in [-0.2, 0) is 14.8 Å². The fourth-order valence-corrected chi connectivity index (χ4v) is 4.97. The lowest BCUT2D eigenvalue weighted by Gasteiger charge is -2.30. The number of hydrogen-bond donors (Lipinski definition) is 1.